The number of ether oxygens (including phenoxy) is 1. The summed E-state index contributed by atoms with van der Waals surface area (Å²) < 4.78 is 32.4. The first kappa shape index (κ1) is 21.3. The average molecular weight is 449 g/mol. The molecule has 1 aromatic heterocycles. The normalized spacial score (nSPS) is 20.5. The molecule has 0 spiro atoms. The monoisotopic (exact) mass is 448 g/mol. The maximum absolute atomic E-state index is 12.9. The Balaban J connectivity index is 1.34. The molecule has 0 saturated carbocycles. The van der Waals surface area contributed by atoms with Gasteiger partial charge < -0.3 is 10.1 Å². The molecule has 1 N–H and O–H groups in total. The van der Waals surface area contributed by atoms with Crippen molar-refractivity contribution in [1.82, 2.24) is 9.62 Å². The van der Waals surface area contributed by atoms with Gasteiger partial charge in [-0.25, -0.2) is 8.42 Å². The third-order valence-electron chi connectivity index (χ3n) is 6.04. The van der Waals surface area contributed by atoms with E-state index in [4.69, 9.17) is 4.74 Å². The summed E-state index contributed by atoms with van der Waals surface area (Å²) in [5.74, 6) is 1.28. The number of piperidine rings is 1. The highest BCUT2D eigenvalue weighted by Gasteiger charge is 2.30. The van der Waals surface area contributed by atoms with Crippen LogP contribution in [0.15, 0.2) is 35.2 Å². The zero-order chi connectivity index (χ0) is 21.3. The number of sulfonamides is 1. The summed E-state index contributed by atoms with van der Waals surface area (Å²) in [6.45, 7) is 3.06. The Kier molecular flexibility index (Phi) is 6.18. The molecule has 1 aliphatic carbocycles. The minimum Gasteiger partial charge on any atom is -0.497 e. The van der Waals surface area contributed by atoms with Gasteiger partial charge in [-0.1, -0.05) is 6.92 Å². The van der Waals surface area contributed by atoms with Crippen LogP contribution < -0.4 is 10.1 Å². The van der Waals surface area contributed by atoms with E-state index in [1.165, 1.54) is 21.2 Å². The van der Waals surface area contributed by atoms with Crippen molar-refractivity contribution < 1.29 is 17.9 Å². The molecule has 1 saturated heterocycles. The highest BCUT2D eigenvalue weighted by molar-refractivity contribution is 7.89. The van der Waals surface area contributed by atoms with Crippen LogP contribution in [-0.2, 0) is 22.9 Å². The highest BCUT2D eigenvalue weighted by Crippen LogP contribution is 2.32. The number of hydrogen-bond donors (Lipinski definition) is 1. The fourth-order valence-electron chi connectivity index (χ4n) is 4.21. The fourth-order valence-corrected chi connectivity index (χ4v) is 6.79. The van der Waals surface area contributed by atoms with Gasteiger partial charge >= 0.3 is 0 Å². The van der Waals surface area contributed by atoms with Crippen LogP contribution in [0.5, 0.6) is 5.75 Å². The van der Waals surface area contributed by atoms with Crippen LogP contribution in [0.2, 0.25) is 0 Å². The van der Waals surface area contributed by atoms with Crippen molar-refractivity contribution in [2.45, 2.75) is 50.0 Å². The first-order valence-corrected chi connectivity index (χ1v) is 12.7. The van der Waals surface area contributed by atoms with E-state index < -0.39 is 10.0 Å². The lowest BCUT2D eigenvalue weighted by atomic mass is 9.90. The molecule has 6 nitrogen and oxygen atoms in total. The molecule has 0 radical (unpaired) electrons. The predicted octanol–water partition coefficient (Wildman–Crippen LogP) is 3.46. The third kappa shape index (κ3) is 4.40. The molecule has 1 amide bonds. The van der Waals surface area contributed by atoms with Crippen LogP contribution >= 0.6 is 11.3 Å². The largest absolute Gasteiger partial charge is 0.497 e. The maximum atomic E-state index is 12.9. The van der Waals surface area contributed by atoms with Crippen LogP contribution in [0.1, 0.15) is 46.3 Å². The molecule has 2 heterocycles. The van der Waals surface area contributed by atoms with Crippen molar-refractivity contribution in [3.63, 3.8) is 0 Å². The van der Waals surface area contributed by atoms with Gasteiger partial charge in [0.25, 0.3) is 5.91 Å². The number of hydrogen-bond acceptors (Lipinski definition) is 5. The van der Waals surface area contributed by atoms with Crippen LogP contribution in [-0.4, -0.2) is 44.9 Å². The highest BCUT2D eigenvalue weighted by atomic mass is 32.2. The zero-order valence-electron chi connectivity index (χ0n) is 17.4. The van der Waals surface area contributed by atoms with E-state index >= 15 is 0 Å². The van der Waals surface area contributed by atoms with Gasteiger partial charge in [-0.2, -0.15) is 4.31 Å². The van der Waals surface area contributed by atoms with Gasteiger partial charge in [-0.3, -0.25) is 4.79 Å². The molecule has 0 unspecified atom stereocenters. The van der Waals surface area contributed by atoms with E-state index in [1.807, 2.05) is 6.07 Å². The summed E-state index contributed by atoms with van der Waals surface area (Å²) in [7, 11) is -1.98. The van der Waals surface area contributed by atoms with E-state index in [1.54, 1.807) is 42.7 Å². The Bertz CT molecular complexity index is 1010. The minimum absolute atomic E-state index is 0.00197. The molecule has 1 aliphatic heterocycles. The molecule has 1 atom stereocenters. The van der Waals surface area contributed by atoms with Crippen molar-refractivity contribution in [2.24, 2.45) is 5.92 Å². The number of nitrogens with zero attached hydrogens (tertiary/aromatic N) is 1. The van der Waals surface area contributed by atoms with Gasteiger partial charge in [0, 0.05) is 24.0 Å². The number of nitrogens with one attached hydrogen (secondary N) is 1. The Morgan fingerprint density at radius 3 is 2.53 bits per heavy atom. The van der Waals surface area contributed by atoms with Gasteiger partial charge in [0.2, 0.25) is 10.0 Å². The maximum Gasteiger partial charge on any atom is 0.261 e. The first-order chi connectivity index (χ1) is 14.4. The smallest absolute Gasteiger partial charge is 0.261 e. The number of thiophene rings is 1. The van der Waals surface area contributed by atoms with Crippen molar-refractivity contribution in [2.75, 3.05) is 20.2 Å². The van der Waals surface area contributed by atoms with Crippen LogP contribution in [0, 0.1) is 5.92 Å². The van der Waals surface area contributed by atoms with Crippen molar-refractivity contribution >= 4 is 27.3 Å². The summed E-state index contributed by atoms with van der Waals surface area (Å²) in [5.41, 5.74) is 1.32. The SMILES string of the molecule is COc1ccc(S(=O)(=O)N2CCC(NC(=O)c3cc4c(s3)CC[C@@H](C)C4)CC2)cc1. The Hall–Kier alpha value is -1.90. The molecular formula is C22H28N2O4S2. The third-order valence-corrected chi connectivity index (χ3v) is 9.19. The Labute approximate surface area is 182 Å². The lowest BCUT2D eigenvalue weighted by molar-refractivity contribution is 0.0928. The van der Waals surface area contributed by atoms with Crippen molar-refractivity contribution in [3.05, 3.63) is 45.6 Å². The summed E-state index contributed by atoms with van der Waals surface area (Å²) in [4.78, 5) is 15.1. The van der Waals surface area contributed by atoms with E-state index in [-0.39, 0.29) is 16.8 Å². The summed E-state index contributed by atoms with van der Waals surface area (Å²) in [6, 6.07) is 8.50. The van der Waals surface area contributed by atoms with Crippen molar-refractivity contribution in [3.8, 4) is 5.75 Å². The fraction of sp³-hybridized carbons (Fsp3) is 0.500. The molecular weight excluding hydrogens is 420 g/mol. The molecule has 162 valence electrons. The van der Waals surface area contributed by atoms with E-state index in [0.29, 0.717) is 37.6 Å². The number of benzene rings is 1. The molecule has 30 heavy (non-hydrogen) atoms. The summed E-state index contributed by atoms with van der Waals surface area (Å²) >= 11 is 1.61. The zero-order valence-corrected chi connectivity index (χ0v) is 19.0. The number of methoxy groups -OCH3 is 1. The summed E-state index contributed by atoms with van der Waals surface area (Å²) in [6.07, 6.45) is 4.54. The number of carbonyl (C=O) groups is 1. The van der Waals surface area contributed by atoms with Crippen molar-refractivity contribution in [1.29, 1.82) is 0 Å². The molecule has 8 heteroatoms. The van der Waals surface area contributed by atoms with Gasteiger partial charge in [0.15, 0.2) is 0 Å². The number of amides is 1. The number of fused-ring (bicyclic) bond motifs is 1. The van der Waals surface area contributed by atoms with Gasteiger partial charge in [-0.05, 0) is 73.9 Å². The predicted molar refractivity (Wildman–Crippen MR) is 118 cm³/mol. The van der Waals surface area contributed by atoms with Gasteiger partial charge in [0.1, 0.15) is 5.75 Å². The van der Waals surface area contributed by atoms with E-state index in [0.717, 1.165) is 17.7 Å². The molecule has 1 aromatic carbocycles. The molecule has 4 rings (SSSR count). The molecule has 2 aliphatic rings. The number of carbonyl (C=O) groups excluding carboxylic acids is 1. The van der Waals surface area contributed by atoms with Gasteiger partial charge in [-0.15, -0.1) is 11.3 Å². The molecule has 1 fully saturated rings. The second-order valence-electron chi connectivity index (χ2n) is 8.23. The summed E-state index contributed by atoms with van der Waals surface area (Å²) in [5, 5.41) is 3.12. The first-order valence-electron chi connectivity index (χ1n) is 10.4. The standard InChI is InChI=1S/C22H28N2O4S2/c1-15-3-8-20-16(13-15)14-21(29-20)22(25)23-17-9-11-24(12-10-17)30(26,27)19-6-4-18(28-2)5-7-19/h4-7,14-15,17H,3,8-13H2,1-2H3,(H,23,25)/t15-/m1/s1. The second-order valence-corrected chi connectivity index (χ2v) is 11.3. The lowest BCUT2D eigenvalue weighted by Gasteiger charge is -2.31. The average Bonchev–Trinajstić information content (AvgIpc) is 3.17. The topological polar surface area (TPSA) is 75.7 Å². The van der Waals surface area contributed by atoms with Gasteiger partial charge in [0.05, 0.1) is 16.9 Å². The number of aryl methyl sites for hydroxylation is 1. The van der Waals surface area contributed by atoms with E-state index in [9.17, 15) is 13.2 Å². The quantitative estimate of drug-likeness (QED) is 0.760. The number of rotatable bonds is 5. The second kappa shape index (κ2) is 8.69. The van der Waals surface area contributed by atoms with E-state index in [2.05, 4.69) is 12.2 Å². The molecule has 2 aromatic rings. The van der Waals surface area contributed by atoms with Crippen LogP contribution in [0.4, 0.5) is 0 Å². The van der Waals surface area contributed by atoms with Crippen LogP contribution in [0.3, 0.4) is 0 Å². The Morgan fingerprint density at radius 2 is 1.87 bits per heavy atom. The molecule has 0 bridgehead atoms. The lowest BCUT2D eigenvalue weighted by Crippen LogP contribution is -2.46. The minimum atomic E-state index is -3.53. The van der Waals surface area contributed by atoms with Crippen LogP contribution in [0.25, 0.3) is 0 Å². The Morgan fingerprint density at radius 1 is 1.17 bits per heavy atom.